The van der Waals surface area contributed by atoms with E-state index in [4.69, 9.17) is 0 Å². The largest absolute Gasteiger partial charge is 0.303 e. The highest BCUT2D eigenvalue weighted by Crippen LogP contribution is 2.15. The van der Waals surface area contributed by atoms with Gasteiger partial charge in [0.2, 0.25) is 0 Å². The van der Waals surface area contributed by atoms with Gasteiger partial charge in [-0.2, -0.15) is 0 Å². The molecule has 0 unspecified atom stereocenters. The lowest BCUT2D eigenvalue weighted by atomic mass is 10.0. The SMILES string of the molecule is CCCCCCCCCCCCCN(CCCCCCCCCCCCC)CCCCCCCCCCCCC. The first kappa shape index (κ1) is 40.0. The van der Waals surface area contributed by atoms with Gasteiger partial charge in [0.15, 0.2) is 0 Å². The molecular formula is C39H81N. The molecule has 0 aliphatic heterocycles. The smallest absolute Gasteiger partial charge is 0.00187 e. The predicted molar refractivity (Wildman–Crippen MR) is 186 cm³/mol. The van der Waals surface area contributed by atoms with Crippen LogP contribution in [0.3, 0.4) is 0 Å². The minimum absolute atomic E-state index is 1.37. The number of rotatable bonds is 36. The van der Waals surface area contributed by atoms with E-state index < -0.39 is 0 Å². The van der Waals surface area contributed by atoms with E-state index in [0.717, 1.165) is 0 Å². The molecule has 0 radical (unpaired) electrons. The maximum absolute atomic E-state index is 2.86. The summed E-state index contributed by atoms with van der Waals surface area (Å²) >= 11 is 0. The van der Waals surface area contributed by atoms with Crippen molar-refractivity contribution in [3.05, 3.63) is 0 Å². The fourth-order valence-corrected chi connectivity index (χ4v) is 6.33. The molecule has 1 heteroatoms. The first-order valence-electron chi connectivity index (χ1n) is 19.6. The van der Waals surface area contributed by atoms with E-state index in [1.54, 1.807) is 0 Å². The molecule has 1 nitrogen and oxygen atoms in total. The summed E-state index contributed by atoms with van der Waals surface area (Å²) in [6, 6.07) is 0. The number of nitrogens with zero attached hydrogens (tertiary/aromatic N) is 1. The van der Waals surface area contributed by atoms with Gasteiger partial charge < -0.3 is 4.90 Å². The molecule has 0 heterocycles. The summed E-state index contributed by atoms with van der Waals surface area (Å²) in [6.07, 6.45) is 48.1. The van der Waals surface area contributed by atoms with Crippen molar-refractivity contribution in [1.82, 2.24) is 4.90 Å². The average molecular weight is 564 g/mol. The minimum Gasteiger partial charge on any atom is -0.303 e. The molecule has 0 saturated carbocycles. The highest BCUT2D eigenvalue weighted by Gasteiger charge is 2.05. The second kappa shape index (κ2) is 37.0. The summed E-state index contributed by atoms with van der Waals surface area (Å²) in [5, 5.41) is 0. The van der Waals surface area contributed by atoms with Crippen LogP contribution < -0.4 is 0 Å². The van der Waals surface area contributed by atoms with Crippen molar-refractivity contribution in [3.63, 3.8) is 0 Å². The monoisotopic (exact) mass is 564 g/mol. The summed E-state index contributed by atoms with van der Waals surface area (Å²) in [5.41, 5.74) is 0. The Bertz CT molecular complexity index is 357. The van der Waals surface area contributed by atoms with Crippen molar-refractivity contribution in [2.24, 2.45) is 0 Å². The van der Waals surface area contributed by atoms with Crippen LogP contribution in [0.2, 0.25) is 0 Å². The van der Waals surface area contributed by atoms with Gasteiger partial charge >= 0.3 is 0 Å². The van der Waals surface area contributed by atoms with E-state index in [1.807, 2.05) is 0 Å². The molecule has 0 spiro atoms. The molecule has 0 aromatic carbocycles. The molecule has 242 valence electrons. The first-order chi connectivity index (χ1) is 19.8. The Morgan fingerprint density at radius 3 is 0.525 bits per heavy atom. The maximum Gasteiger partial charge on any atom is -0.00187 e. The van der Waals surface area contributed by atoms with Crippen LogP contribution in [0.15, 0.2) is 0 Å². The van der Waals surface area contributed by atoms with Gasteiger partial charge in [-0.3, -0.25) is 0 Å². The van der Waals surface area contributed by atoms with Crippen molar-refractivity contribution < 1.29 is 0 Å². The number of unbranched alkanes of at least 4 members (excludes halogenated alkanes) is 30. The molecule has 0 N–H and O–H groups in total. The van der Waals surface area contributed by atoms with Crippen LogP contribution in [-0.2, 0) is 0 Å². The molecular weight excluding hydrogens is 482 g/mol. The standard InChI is InChI=1S/C39H81N/c1-4-7-10-13-16-19-22-25-28-31-34-37-40(38-35-32-29-26-23-20-17-14-11-8-5-2)39-36-33-30-27-24-21-18-15-12-9-6-3/h4-39H2,1-3H3. The Morgan fingerprint density at radius 1 is 0.200 bits per heavy atom. The summed E-state index contributed by atoms with van der Waals surface area (Å²) in [6.45, 7) is 11.1. The van der Waals surface area contributed by atoms with E-state index in [9.17, 15) is 0 Å². The van der Waals surface area contributed by atoms with Crippen LogP contribution in [0.25, 0.3) is 0 Å². The molecule has 0 fully saturated rings. The van der Waals surface area contributed by atoms with E-state index in [1.165, 1.54) is 232 Å². The number of hydrogen-bond donors (Lipinski definition) is 0. The highest BCUT2D eigenvalue weighted by atomic mass is 15.1. The third-order valence-corrected chi connectivity index (χ3v) is 9.23. The lowest BCUT2D eigenvalue weighted by Gasteiger charge is -2.22. The second-order valence-corrected chi connectivity index (χ2v) is 13.4. The summed E-state index contributed by atoms with van der Waals surface area (Å²) in [4.78, 5) is 2.86. The first-order valence-corrected chi connectivity index (χ1v) is 19.6. The van der Waals surface area contributed by atoms with Crippen LogP contribution >= 0.6 is 0 Å². The molecule has 0 rings (SSSR count). The summed E-state index contributed by atoms with van der Waals surface area (Å²) in [7, 11) is 0. The zero-order chi connectivity index (χ0) is 29.0. The lowest BCUT2D eigenvalue weighted by Crippen LogP contribution is -2.27. The second-order valence-electron chi connectivity index (χ2n) is 13.4. The van der Waals surface area contributed by atoms with Gasteiger partial charge in [0, 0.05) is 0 Å². The van der Waals surface area contributed by atoms with Gasteiger partial charge in [-0.15, -0.1) is 0 Å². The fraction of sp³-hybridized carbons (Fsp3) is 1.00. The molecule has 0 saturated heterocycles. The van der Waals surface area contributed by atoms with Crippen molar-refractivity contribution in [3.8, 4) is 0 Å². The predicted octanol–water partition coefficient (Wildman–Crippen LogP) is 14.2. The van der Waals surface area contributed by atoms with E-state index >= 15 is 0 Å². The molecule has 0 amide bonds. The van der Waals surface area contributed by atoms with Gasteiger partial charge in [-0.1, -0.05) is 213 Å². The van der Waals surface area contributed by atoms with Gasteiger partial charge in [-0.25, -0.2) is 0 Å². The van der Waals surface area contributed by atoms with Crippen LogP contribution in [0.4, 0.5) is 0 Å². The third kappa shape index (κ3) is 34.2. The number of hydrogen-bond acceptors (Lipinski definition) is 1. The van der Waals surface area contributed by atoms with Crippen molar-refractivity contribution in [2.75, 3.05) is 19.6 Å². The van der Waals surface area contributed by atoms with Gasteiger partial charge in [-0.05, 0) is 38.9 Å². The van der Waals surface area contributed by atoms with E-state index in [-0.39, 0.29) is 0 Å². The normalized spacial score (nSPS) is 11.7. The van der Waals surface area contributed by atoms with Crippen molar-refractivity contribution >= 4 is 0 Å². The van der Waals surface area contributed by atoms with Crippen LogP contribution in [-0.4, -0.2) is 24.5 Å². The average Bonchev–Trinajstić information content (AvgIpc) is 2.97. The van der Waals surface area contributed by atoms with E-state index in [2.05, 4.69) is 25.7 Å². The highest BCUT2D eigenvalue weighted by molar-refractivity contribution is 4.61. The quantitative estimate of drug-likeness (QED) is 0.0685. The Kier molecular flexibility index (Phi) is 36.9. The molecule has 0 atom stereocenters. The Morgan fingerprint density at radius 2 is 0.350 bits per heavy atom. The molecule has 0 aromatic rings. The van der Waals surface area contributed by atoms with Gasteiger partial charge in [0.1, 0.15) is 0 Å². The lowest BCUT2D eigenvalue weighted by molar-refractivity contribution is 0.254. The fourth-order valence-electron chi connectivity index (χ4n) is 6.33. The molecule has 0 aliphatic rings. The Labute approximate surface area is 256 Å². The van der Waals surface area contributed by atoms with Crippen LogP contribution in [0, 0.1) is 0 Å². The maximum atomic E-state index is 2.86. The third-order valence-electron chi connectivity index (χ3n) is 9.23. The van der Waals surface area contributed by atoms with Crippen molar-refractivity contribution in [1.29, 1.82) is 0 Å². The van der Waals surface area contributed by atoms with Crippen LogP contribution in [0.1, 0.15) is 233 Å². The Balaban J connectivity index is 3.89. The van der Waals surface area contributed by atoms with Gasteiger partial charge in [0.25, 0.3) is 0 Å². The molecule has 0 aromatic heterocycles. The van der Waals surface area contributed by atoms with Gasteiger partial charge in [0.05, 0.1) is 0 Å². The molecule has 0 aliphatic carbocycles. The zero-order valence-corrected chi connectivity index (χ0v) is 28.9. The van der Waals surface area contributed by atoms with E-state index in [0.29, 0.717) is 0 Å². The zero-order valence-electron chi connectivity index (χ0n) is 28.9. The van der Waals surface area contributed by atoms with Crippen LogP contribution in [0.5, 0.6) is 0 Å². The Hall–Kier alpha value is -0.0400. The summed E-state index contributed by atoms with van der Waals surface area (Å²) < 4.78 is 0. The minimum atomic E-state index is 1.37. The summed E-state index contributed by atoms with van der Waals surface area (Å²) in [5.74, 6) is 0. The topological polar surface area (TPSA) is 3.24 Å². The van der Waals surface area contributed by atoms with Crippen molar-refractivity contribution in [2.45, 2.75) is 233 Å². The molecule has 0 bridgehead atoms. The molecule has 40 heavy (non-hydrogen) atoms.